The van der Waals surface area contributed by atoms with Crippen molar-refractivity contribution in [3.8, 4) is 22.4 Å². The van der Waals surface area contributed by atoms with Gasteiger partial charge in [0.05, 0.1) is 11.8 Å². The number of unbranched alkanes of at least 4 members (excludes halogenated alkanes) is 4. The van der Waals surface area contributed by atoms with Gasteiger partial charge in [0.25, 0.3) is 0 Å². The van der Waals surface area contributed by atoms with Crippen LogP contribution in [-0.4, -0.2) is 30.9 Å². The molecule has 3 aromatic rings. The third kappa shape index (κ3) is 8.72. The zero-order chi connectivity index (χ0) is 25.7. The average Bonchev–Trinajstić information content (AvgIpc) is 2.95. The molecule has 0 amide bonds. The number of ether oxygens (including phenoxy) is 2. The van der Waals surface area contributed by atoms with E-state index in [-0.39, 0.29) is 0 Å². The normalized spacial score (nSPS) is 17.6. The summed E-state index contributed by atoms with van der Waals surface area (Å²) in [5.74, 6) is 0.603. The zero-order valence-corrected chi connectivity index (χ0v) is 22.5. The fourth-order valence-electron chi connectivity index (χ4n) is 5.14. The summed E-state index contributed by atoms with van der Waals surface area (Å²) in [6.07, 6.45) is 14.8. The van der Waals surface area contributed by atoms with E-state index in [0.717, 1.165) is 57.6 Å². The molecule has 0 saturated heterocycles. The first-order chi connectivity index (χ1) is 18.2. The Morgan fingerprint density at radius 1 is 0.757 bits per heavy atom. The van der Waals surface area contributed by atoms with Crippen LogP contribution in [0.15, 0.2) is 66.9 Å². The van der Waals surface area contributed by atoms with E-state index in [2.05, 4.69) is 80.7 Å². The molecule has 2 aromatic carbocycles. The lowest BCUT2D eigenvalue weighted by Crippen LogP contribution is -2.21. The van der Waals surface area contributed by atoms with Crippen molar-refractivity contribution in [3.05, 3.63) is 91.3 Å². The van der Waals surface area contributed by atoms with E-state index < -0.39 is 0 Å². The standard InChI is InChI=1S/C34H43NO2/c1-3-4-23-36-24-7-5-6-8-25-37-33-20-17-30(18-21-33)32-19-22-34(35-26-32)31-15-13-29(14-16-31)28-11-9-27(2)10-12-28/h3,9-16,19,22,26,30,33H,1,4-8,17-18,20-21,23-25H2,2H3. The van der Waals surface area contributed by atoms with Crippen LogP contribution < -0.4 is 0 Å². The fourth-order valence-corrected chi connectivity index (χ4v) is 5.14. The molecular formula is C34H43NO2. The number of pyridine rings is 1. The predicted molar refractivity (Wildman–Crippen MR) is 154 cm³/mol. The van der Waals surface area contributed by atoms with Gasteiger partial charge in [-0.3, -0.25) is 4.98 Å². The van der Waals surface area contributed by atoms with Crippen molar-refractivity contribution >= 4 is 0 Å². The van der Waals surface area contributed by atoms with Crippen molar-refractivity contribution in [1.29, 1.82) is 0 Å². The summed E-state index contributed by atoms with van der Waals surface area (Å²) in [5, 5.41) is 0. The Bertz CT molecular complexity index is 1020. The fraction of sp³-hybridized carbons (Fsp3) is 0.441. The molecule has 0 unspecified atom stereocenters. The molecule has 0 atom stereocenters. The summed E-state index contributed by atoms with van der Waals surface area (Å²) in [4.78, 5) is 4.82. The van der Waals surface area contributed by atoms with Gasteiger partial charge in [0.15, 0.2) is 0 Å². The third-order valence-electron chi connectivity index (χ3n) is 7.50. The van der Waals surface area contributed by atoms with E-state index >= 15 is 0 Å². The molecule has 3 heteroatoms. The van der Waals surface area contributed by atoms with E-state index in [9.17, 15) is 0 Å². The molecule has 0 radical (unpaired) electrons. The lowest BCUT2D eigenvalue weighted by Gasteiger charge is -2.28. The van der Waals surface area contributed by atoms with Crippen LogP contribution in [-0.2, 0) is 9.47 Å². The smallest absolute Gasteiger partial charge is 0.0702 e. The number of hydrogen-bond acceptors (Lipinski definition) is 3. The Labute approximate surface area is 224 Å². The molecule has 0 spiro atoms. The number of rotatable bonds is 14. The van der Waals surface area contributed by atoms with Crippen LogP contribution in [0.1, 0.15) is 74.8 Å². The summed E-state index contributed by atoms with van der Waals surface area (Å²) in [7, 11) is 0. The molecule has 4 rings (SSSR count). The van der Waals surface area contributed by atoms with Crippen molar-refractivity contribution in [3.63, 3.8) is 0 Å². The van der Waals surface area contributed by atoms with Gasteiger partial charge < -0.3 is 9.47 Å². The van der Waals surface area contributed by atoms with Crippen LogP contribution in [0.5, 0.6) is 0 Å². The van der Waals surface area contributed by atoms with Crippen LogP contribution in [0.25, 0.3) is 22.4 Å². The van der Waals surface area contributed by atoms with Crippen LogP contribution in [0.3, 0.4) is 0 Å². The molecule has 0 bridgehead atoms. The highest BCUT2D eigenvalue weighted by atomic mass is 16.5. The molecule has 1 aliphatic rings. The van der Waals surface area contributed by atoms with Crippen LogP contribution in [0.4, 0.5) is 0 Å². The molecule has 1 saturated carbocycles. The van der Waals surface area contributed by atoms with Crippen molar-refractivity contribution in [2.75, 3.05) is 19.8 Å². The first-order valence-electron chi connectivity index (χ1n) is 14.2. The Hall–Kier alpha value is -2.62. The number of aromatic nitrogens is 1. The quantitative estimate of drug-likeness (QED) is 0.165. The second-order valence-electron chi connectivity index (χ2n) is 10.4. The van der Waals surface area contributed by atoms with Gasteiger partial charge in [0.1, 0.15) is 0 Å². The number of nitrogens with zero attached hydrogens (tertiary/aromatic N) is 1. The molecule has 1 fully saturated rings. The van der Waals surface area contributed by atoms with Gasteiger partial charge >= 0.3 is 0 Å². The van der Waals surface area contributed by atoms with E-state index in [1.807, 2.05) is 6.42 Å². The maximum Gasteiger partial charge on any atom is 0.0702 e. The largest absolute Gasteiger partial charge is 0.384 e. The maximum absolute atomic E-state index is 6.19. The minimum atomic E-state index is 0.428. The predicted octanol–water partition coefficient (Wildman–Crippen LogP) is 8.77. The minimum absolute atomic E-state index is 0.428. The molecule has 0 aliphatic heterocycles. The lowest BCUT2D eigenvalue weighted by atomic mass is 9.83. The highest BCUT2D eigenvalue weighted by Gasteiger charge is 2.23. The minimum Gasteiger partial charge on any atom is -0.384 e. The Morgan fingerprint density at radius 3 is 2.05 bits per heavy atom. The van der Waals surface area contributed by atoms with E-state index in [0.29, 0.717) is 12.0 Å². The first kappa shape index (κ1) is 27.4. The summed E-state index contributed by atoms with van der Waals surface area (Å²) in [5.41, 5.74) is 7.35. The second-order valence-corrected chi connectivity index (χ2v) is 10.4. The molecular weight excluding hydrogens is 454 g/mol. The second kappa shape index (κ2) is 15.0. The SMILES string of the molecule is [CH2+][CH-]CCOCCCCCCOC1CCC(c2ccc(-c3ccc(-c4ccc(C)cc4)cc3)nc2)CC1. The van der Waals surface area contributed by atoms with Crippen LogP contribution >= 0.6 is 0 Å². The first-order valence-corrected chi connectivity index (χ1v) is 14.2. The monoisotopic (exact) mass is 497 g/mol. The number of aryl methyl sites for hydroxylation is 1. The Morgan fingerprint density at radius 2 is 1.41 bits per heavy atom. The highest BCUT2D eigenvalue weighted by molar-refractivity contribution is 5.69. The lowest BCUT2D eigenvalue weighted by molar-refractivity contribution is 0.0223. The third-order valence-corrected chi connectivity index (χ3v) is 7.50. The van der Waals surface area contributed by atoms with Gasteiger partial charge in [-0.25, -0.2) is 0 Å². The van der Waals surface area contributed by atoms with Gasteiger partial charge in [-0.1, -0.05) is 79.9 Å². The zero-order valence-electron chi connectivity index (χ0n) is 22.5. The molecule has 37 heavy (non-hydrogen) atoms. The average molecular weight is 498 g/mol. The molecule has 1 heterocycles. The summed E-state index contributed by atoms with van der Waals surface area (Å²) < 4.78 is 11.8. The van der Waals surface area contributed by atoms with Gasteiger partial charge in [-0.05, 0) is 74.1 Å². The molecule has 0 N–H and O–H groups in total. The van der Waals surface area contributed by atoms with Crippen molar-refractivity contribution in [1.82, 2.24) is 4.98 Å². The van der Waals surface area contributed by atoms with Gasteiger partial charge in [0.2, 0.25) is 0 Å². The van der Waals surface area contributed by atoms with E-state index in [1.165, 1.54) is 53.5 Å². The summed E-state index contributed by atoms with van der Waals surface area (Å²) in [6, 6.07) is 21.9. The number of benzene rings is 2. The van der Waals surface area contributed by atoms with Crippen LogP contribution in [0, 0.1) is 20.3 Å². The molecule has 196 valence electrons. The van der Waals surface area contributed by atoms with Gasteiger partial charge in [0, 0.05) is 31.6 Å². The van der Waals surface area contributed by atoms with Crippen LogP contribution in [0.2, 0.25) is 0 Å². The summed E-state index contributed by atoms with van der Waals surface area (Å²) >= 11 is 0. The number of hydrogen-bond donors (Lipinski definition) is 0. The van der Waals surface area contributed by atoms with Crippen molar-refractivity contribution in [2.24, 2.45) is 0 Å². The molecule has 1 aromatic heterocycles. The summed E-state index contributed by atoms with van der Waals surface area (Å²) in [6.45, 7) is 8.40. The van der Waals surface area contributed by atoms with E-state index in [4.69, 9.17) is 14.5 Å². The van der Waals surface area contributed by atoms with Crippen molar-refractivity contribution in [2.45, 2.75) is 76.7 Å². The van der Waals surface area contributed by atoms with Gasteiger partial charge in [-0.2, -0.15) is 0 Å². The Balaban J connectivity index is 1.14. The molecule has 1 aliphatic carbocycles. The van der Waals surface area contributed by atoms with Crippen molar-refractivity contribution < 1.29 is 9.47 Å². The maximum atomic E-state index is 6.19. The van der Waals surface area contributed by atoms with Gasteiger partial charge in [-0.15, -0.1) is 12.8 Å². The topological polar surface area (TPSA) is 31.4 Å². The molecule has 3 nitrogen and oxygen atoms in total. The van der Waals surface area contributed by atoms with E-state index in [1.54, 1.807) is 0 Å². The highest BCUT2D eigenvalue weighted by Crippen LogP contribution is 2.34. The Kier molecular flexibility index (Phi) is 11.1.